The molecule has 1 heterocycles. The van der Waals surface area contributed by atoms with Crippen molar-refractivity contribution < 1.29 is 0 Å². The SMILES string of the molecule is C/C=C(/C)CCCN1CCC(C)CC1. The normalized spacial score (nSPS) is 21.5. The summed E-state index contributed by atoms with van der Waals surface area (Å²) in [5.41, 5.74) is 1.54. The molecule has 0 radical (unpaired) electrons. The van der Waals surface area contributed by atoms with Gasteiger partial charge in [-0.2, -0.15) is 0 Å². The summed E-state index contributed by atoms with van der Waals surface area (Å²) < 4.78 is 0. The first kappa shape index (κ1) is 11.8. The third kappa shape index (κ3) is 4.28. The number of piperidine rings is 1. The summed E-state index contributed by atoms with van der Waals surface area (Å²) in [7, 11) is 0. The molecule has 1 nitrogen and oxygen atoms in total. The topological polar surface area (TPSA) is 3.24 Å². The zero-order chi connectivity index (χ0) is 10.4. The molecule has 0 atom stereocenters. The molecule has 1 saturated heterocycles. The third-order valence-electron chi connectivity index (χ3n) is 3.41. The van der Waals surface area contributed by atoms with Gasteiger partial charge in [0.15, 0.2) is 0 Å². The van der Waals surface area contributed by atoms with E-state index in [1.807, 2.05) is 0 Å². The highest BCUT2D eigenvalue weighted by Gasteiger charge is 2.14. The second kappa shape index (κ2) is 6.23. The molecular formula is C13H25N. The van der Waals surface area contributed by atoms with E-state index in [4.69, 9.17) is 0 Å². The molecule has 0 saturated carbocycles. The quantitative estimate of drug-likeness (QED) is 0.621. The predicted molar refractivity (Wildman–Crippen MR) is 63.5 cm³/mol. The van der Waals surface area contributed by atoms with Crippen molar-refractivity contribution in [3.8, 4) is 0 Å². The molecule has 0 bridgehead atoms. The van der Waals surface area contributed by atoms with Gasteiger partial charge in [0.2, 0.25) is 0 Å². The first-order chi connectivity index (χ1) is 6.72. The molecule has 1 heteroatoms. The Bertz CT molecular complexity index is 176. The van der Waals surface area contributed by atoms with Crippen LogP contribution >= 0.6 is 0 Å². The molecule has 0 amide bonds. The number of rotatable bonds is 4. The van der Waals surface area contributed by atoms with Crippen molar-refractivity contribution in [3.63, 3.8) is 0 Å². The van der Waals surface area contributed by atoms with Gasteiger partial charge in [-0.25, -0.2) is 0 Å². The molecule has 1 rings (SSSR count). The first-order valence-electron chi connectivity index (χ1n) is 6.06. The standard InChI is InChI=1S/C13H25N/c1-4-12(2)6-5-9-14-10-7-13(3)8-11-14/h4,13H,5-11H2,1-3H3/b12-4-. The van der Waals surface area contributed by atoms with E-state index in [0.717, 1.165) is 5.92 Å². The van der Waals surface area contributed by atoms with Crippen molar-refractivity contribution in [1.29, 1.82) is 0 Å². The average Bonchev–Trinajstić information content (AvgIpc) is 2.21. The zero-order valence-electron chi connectivity index (χ0n) is 10.1. The molecule has 1 fully saturated rings. The van der Waals surface area contributed by atoms with Crippen molar-refractivity contribution in [1.82, 2.24) is 4.90 Å². The van der Waals surface area contributed by atoms with Crippen LogP contribution in [0.5, 0.6) is 0 Å². The van der Waals surface area contributed by atoms with Crippen molar-refractivity contribution in [2.24, 2.45) is 5.92 Å². The zero-order valence-corrected chi connectivity index (χ0v) is 10.1. The number of hydrogen-bond donors (Lipinski definition) is 0. The van der Waals surface area contributed by atoms with Crippen LogP contribution in [0.2, 0.25) is 0 Å². The molecule has 82 valence electrons. The van der Waals surface area contributed by atoms with E-state index >= 15 is 0 Å². The lowest BCUT2D eigenvalue weighted by Crippen LogP contribution is -2.33. The highest BCUT2D eigenvalue weighted by molar-refractivity contribution is 4.95. The van der Waals surface area contributed by atoms with Crippen LogP contribution < -0.4 is 0 Å². The Kier molecular flexibility index (Phi) is 5.24. The molecule has 14 heavy (non-hydrogen) atoms. The van der Waals surface area contributed by atoms with E-state index in [9.17, 15) is 0 Å². The first-order valence-corrected chi connectivity index (χ1v) is 6.06. The number of allylic oxidation sites excluding steroid dienone is 2. The molecule has 0 unspecified atom stereocenters. The lowest BCUT2D eigenvalue weighted by atomic mass is 9.99. The summed E-state index contributed by atoms with van der Waals surface area (Å²) in [5.74, 6) is 0.962. The van der Waals surface area contributed by atoms with Crippen LogP contribution in [0, 0.1) is 5.92 Å². The summed E-state index contributed by atoms with van der Waals surface area (Å²) in [6.07, 6.45) is 7.66. The highest BCUT2D eigenvalue weighted by Crippen LogP contribution is 2.16. The average molecular weight is 195 g/mol. The molecule has 0 aromatic heterocycles. The maximum atomic E-state index is 2.63. The van der Waals surface area contributed by atoms with E-state index in [0.29, 0.717) is 0 Å². The van der Waals surface area contributed by atoms with Gasteiger partial charge in [-0.3, -0.25) is 0 Å². The Morgan fingerprint density at radius 3 is 2.57 bits per heavy atom. The van der Waals surface area contributed by atoms with Gasteiger partial charge in [-0.1, -0.05) is 18.6 Å². The maximum absolute atomic E-state index is 2.63. The minimum atomic E-state index is 0.962. The van der Waals surface area contributed by atoms with Gasteiger partial charge in [0.25, 0.3) is 0 Å². The molecule has 1 aliphatic rings. The smallest absolute Gasteiger partial charge is 0.00157 e. The molecule has 0 N–H and O–H groups in total. The number of nitrogens with zero attached hydrogens (tertiary/aromatic N) is 1. The van der Waals surface area contributed by atoms with Crippen LogP contribution in [0.4, 0.5) is 0 Å². The minimum absolute atomic E-state index is 0.962. The van der Waals surface area contributed by atoms with Crippen molar-refractivity contribution in [2.45, 2.75) is 46.5 Å². The molecule has 0 aliphatic carbocycles. The molecule has 1 aliphatic heterocycles. The van der Waals surface area contributed by atoms with E-state index in [-0.39, 0.29) is 0 Å². The molecule has 0 spiro atoms. The van der Waals surface area contributed by atoms with Crippen molar-refractivity contribution in [3.05, 3.63) is 11.6 Å². The van der Waals surface area contributed by atoms with Crippen LogP contribution in [-0.4, -0.2) is 24.5 Å². The Morgan fingerprint density at radius 2 is 2.00 bits per heavy atom. The van der Waals surface area contributed by atoms with Crippen LogP contribution in [0.15, 0.2) is 11.6 Å². The van der Waals surface area contributed by atoms with E-state index in [1.165, 1.54) is 50.9 Å². The molecular weight excluding hydrogens is 170 g/mol. The lowest BCUT2D eigenvalue weighted by molar-refractivity contribution is 0.191. The largest absolute Gasteiger partial charge is 0.303 e. The summed E-state index contributed by atoms with van der Waals surface area (Å²) in [5, 5.41) is 0. The summed E-state index contributed by atoms with van der Waals surface area (Å²) in [6, 6.07) is 0. The molecule has 0 aromatic carbocycles. The lowest BCUT2D eigenvalue weighted by Gasteiger charge is -2.30. The van der Waals surface area contributed by atoms with E-state index in [2.05, 4.69) is 31.7 Å². The van der Waals surface area contributed by atoms with Gasteiger partial charge in [0.1, 0.15) is 0 Å². The Morgan fingerprint density at radius 1 is 1.36 bits per heavy atom. The fraction of sp³-hybridized carbons (Fsp3) is 0.846. The molecule has 0 aromatic rings. The minimum Gasteiger partial charge on any atom is -0.303 e. The second-order valence-corrected chi connectivity index (χ2v) is 4.76. The fourth-order valence-corrected chi connectivity index (χ4v) is 2.01. The van der Waals surface area contributed by atoms with Crippen molar-refractivity contribution in [2.75, 3.05) is 19.6 Å². The van der Waals surface area contributed by atoms with Crippen molar-refractivity contribution >= 4 is 0 Å². The summed E-state index contributed by atoms with van der Waals surface area (Å²) in [6.45, 7) is 10.7. The maximum Gasteiger partial charge on any atom is -0.00157 e. The van der Waals surface area contributed by atoms with Crippen LogP contribution in [0.1, 0.15) is 46.5 Å². The van der Waals surface area contributed by atoms with Crippen LogP contribution in [-0.2, 0) is 0 Å². The predicted octanol–water partition coefficient (Wildman–Crippen LogP) is 3.46. The van der Waals surface area contributed by atoms with E-state index < -0.39 is 0 Å². The summed E-state index contributed by atoms with van der Waals surface area (Å²) in [4.78, 5) is 2.63. The van der Waals surface area contributed by atoms with Gasteiger partial charge in [-0.05, 0) is 65.1 Å². The van der Waals surface area contributed by atoms with Crippen LogP contribution in [0.25, 0.3) is 0 Å². The van der Waals surface area contributed by atoms with Gasteiger partial charge in [0, 0.05) is 0 Å². The van der Waals surface area contributed by atoms with Gasteiger partial charge < -0.3 is 4.90 Å². The highest BCUT2D eigenvalue weighted by atomic mass is 15.1. The van der Waals surface area contributed by atoms with Crippen LogP contribution in [0.3, 0.4) is 0 Å². The Labute approximate surface area is 89.2 Å². The fourth-order valence-electron chi connectivity index (χ4n) is 2.01. The second-order valence-electron chi connectivity index (χ2n) is 4.76. The van der Waals surface area contributed by atoms with Gasteiger partial charge in [-0.15, -0.1) is 0 Å². The Hall–Kier alpha value is -0.300. The Balaban J connectivity index is 2.07. The van der Waals surface area contributed by atoms with Gasteiger partial charge in [0.05, 0.1) is 0 Å². The third-order valence-corrected chi connectivity index (χ3v) is 3.41. The summed E-state index contributed by atoms with van der Waals surface area (Å²) >= 11 is 0. The van der Waals surface area contributed by atoms with Gasteiger partial charge >= 0.3 is 0 Å². The number of likely N-dealkylation sites (tertiary alicyclic amines) is 1. The monoisotopic (exact) mass is 195 g/mol. The van der Waals surface area contributed by atoms with E-state index in [1.54, 1.807) is 0 Å². The number of hydrogen-bond acceptors (Lipinski definition) is 1.